The van der Waals surface area contributed by atoms with Crippen molar-refractivity contribution in [1.29, 1.82) is 0 Å². The summed E-state index contributed by atoms with van der Waals surface area (Å²) in [6.07, 6.45) is 0.804. The number of carboxylic acid groups (broad SMARTS) is 1. The summed E-state index contributed by atoms with van der Waals surface area (Å²) in [6, 6.07) is 10.2. The number of hydrogen-bond acceptors (Lipinski definition) is 4. The van der Waals surface area contributed by atoms with Gasteiger partial charge in [-0.3, -0.25) is 4.79 Å². The van der Waals surface area contributed by atoms with Crippen molar-refractivity contribution < 1.29 is 24.2 Å². The van der Waals surface area contributed by atoms with Crippen LogP contribution in [0.5, 0.6) is 11.5 Å². The van der Waals surface area contributed by atoms with Crippen molar-refractivity contribution in [1.82, 2.24) is 10.2 Å². The summed E-state index contributed by atoms with van der Waals surface area (Å²) in [4.78, 5) is 25.1. The van der Waals surface area contributed by atoms with Gasteiger partial charge in [-0.1, -0.05) is 29.3 Å². The van der Waals surface area contributed by atoms with Gasteiger partial charge in [-0.25, -0.2) is 4.79 Å². The fraction of sp³-hybridized carbons (Fsp3) is 0.364. The third-order valence-corrected chi connectivity index (χ3v) is 5.76. The second-order valence-electron chi connectivity index (χ2n) is 7.22. The second kappa shape index (κ2) is 10.6. The Balaban J connectivity index is 1.60. The molecule has 0 atom stereocenters. The predicted molar refractivity (Wildman–Crippen MR) is 119 cm³/mol. The van der Waals surface area contributed by atoms with E-state index in [4.69, 9.17) is 37.8 Å². The standard InChI is InChI=1S/C22H24Cl2N2O5/c1-30-19-5-3-15(21(27)25-17-6-9-26(10-7-17)22(28)29)12-20(19)31-11-8-14-2-4-16(23)13-18(14)24/h2-5,12-13,17H,6-11H2,1H3,(H,25,27)(H,28,29). The molecule has 1 fully saturated rings. The number of ether oxygens (including phenoxy) is 2. The molecule has 0 spiro atoms. The molecular weight excluding hydrogens is 443 g/mol. The first-order chi connectivity index (χ1) is 14.9. The Hall–Kier alpha value is -2.64. The normalized spacial score (nSPS) is 14.2. The Morgan fingerprint density at radius 3 is 2.52 bits per heavy atom. The molecule has 3 rings (SSSR count). The topological polar surface area (TPSA) is 88.1 Å². The van der Waals surface area contributed by atoms with Gasteiger partial charge in [0.15, 0.2) is 11.5 Å². The van der Waals surface area contributed by atoms with Gasteiger partial charge in [-0.05, 0) is 48.7 Å². The summed E-state index contributed by atoms with van der Waals surface area (Å²) in [6.45, 7) is 1.16. The minimum Gasteiger partial charge on any atom is -0.493 e. The van der Waals surface area contributed by atoms with Gasteiger partial charge >= 0.3 is 6.09 Å². The molecule has 31 heavy (non-hydrogen) atoms. The molecule has 2 aromatic carbocycles. The zero-order valence-electron chi connectivity index (χ0n) is 17.1. The maximum absolute atomic E-state index is 12.7. The number of piperidine rings is 1. The fourth-order valence-electron chi connectivity index (χ4n) is 3.41. The highest BCUT2D eigenvalue weighted by atomic mass is 35.5. The smallest absolute Gasteiger partial charge is 0.407 e. The van der Waals surface area contributed by atoms with Gasteiger partial charge in [0.2, 0.25) is 0 Å². The first kappa shape index (κ1) is 23.0. The number of nitrogens with zero attached hydrogens (tertiary/aromatic N) is 1. The molecule has 0 saturated carbocycles. The largest absolute Gasteiger partial charge is 0.493 e. The minimum absolute atomic E-state index is 0.0679. The SMILES string of the molecule is COc1ccc(C(=O)NC2CCN(C(=O)O)CC2)cc1OCCc1ccc(Cl)cc1Cl. The van der Waals surface area contributed by atoms with Crippen LogP contribution >= 0.6 is 23.2 Å². The van der Waals surface area contributed by atoms with E-state index in [2.05, 4.69) is 5.32 Å². The van der Waals surface area contributed by atoms with Crippen molar-refractivity contribution in [3.63, 3.8) is 0 Å². The van der Waals surface area contributed by atoms with E-state index in [1.807, 2.05) is 6.07 Å². The van der Waals surface area contributed by atoms with Gasteiger partial charge in [0.25, 0.3) is 5.91 Å². The molecular formula is C22H24Cl2N2O5. The Labute approximate surface area is 190 Å². The highest BCUT2D eigenvalue weighted by Crippen LogP contribution is 2.29. The first-order valence-electron chi connectivity index (χ1n) is 9.91. The quantitative estimate of drug-likeness (QED) is 0.627. The van der Waals surface area contributed by atoms with E-state index in [0.29, 0.717) is 66.1 Å². The Bertz CT molecular complexity index is 945. The lowest BCUT2D eigenvalue weighted by molar-refractivity contribution is 0.0906. The van der Waals surface area contributed by atoms with E-state index in [9.17, 15) is 9.59 Å². The van der Waals surface area contributed by atoms with Gasteiger partial charge in [0, 0.05) is 41.2 Å². The monoisotopic (exact) mass is 466 g/mol. The van der Waals surface area contributed by atoms with Crippen LogP contribution in [0, 0.1) is 0 Å². The lowest BCUT2D eigenvalue weighted by Crippen LogP contribution is -2.46. The Kier molecular flexibility index (Phi) is 7.87. The molecule has 0 aromatic heterocycles. The Morgan fingerprint density at radius 1 is 1.13 bits per heavy atom. The number of rotatable bonds is 7. The van der Waals surface area contributed by atoms with Crippen LogP contribution in [0.1, 0.15) is 28.8 Å². The molecule has 1 saturated heterocycles. The molecule has 0 bridgehead atoms. The van der Waals surface area contributed by atoms with Crippen LogP contribution in [0.2, 0.25) is 10.0 Å². The molecule has 166 valence electrons. The van der Waals surface area contributed by atoms with Gasteiger partial charge in [-0.2, -0.15) is 0 Å². The minimum atomic E-state index is -0.929. The van der Waals surface area contributed by atoms with Crippen molar-refractivity contribution >= 4 is 35.2 Å². The zero-order valence-corrected chi connectivity index (χ0v) is 18.6. The summed E-state index contributed by atoms with van der Waals surface area (Å²) in [7, 11) is 1.54. The van der Waals surface area contributed by atoms with Crippen molar-refractivity contribution in [2.24, 2.45) is 0 Å². The maximum atomic E-state index is 12.7. The van der Waals surface area contributed by atoms with Crippen LogP contribution in [0.4, 0.5) is 4.79 Å². The summed E-state index contributed by atoms with van der Waals surface area (Å²) in [5.41, 5.74) is 1.35. The van der Waals surface area contributed by atoms with E-state index >= 15 is 0 Å². The van der Waals surface area contributed by atoms with Crippen molar-refractivity contribution in [3.8, 4) is 11.5 Å². The number of benzene rings is 2. The van der Waals surface area contributed by atoms with Gasteiger partial charge in [0.05, 0.1) is 13.7 Å². The summed E-state index contributed by atoms with van der Waals surface area (Å²) >= 11 is 12.1. The third kappa shape index (κ3) is 6.18. The molecule has 2 N–H and O–H groups in total. The van der Waals surface area contributed by atoms with Crippen LogP contribution in [0.15, 0.2) is 36.4 Å². The van der Waals surface area contributed by atoms with Gasteiger partial charge < -0.3 is 24.8 Å². The first-order valence-corrected chi connectivity index (χ1v) is 10.7. The predicted octanol–water partition coefficient (Wildman–Crippen LogP) is 4.50. The van der Waals surface area contributed by atoms with Crippen LogP contribution in [0.3, 0.4) is 0 Å². The maximum Gasteiger partial charge on any atom is 0.407 e. The van der Waals surface area contributed by atoms with Crippen molar-refractivity contribution in [2.45, 2.75) is 25.3 Å². The van der Waals surface area contributed by atoms with Crippen molar-refractivity contribution in [3.05, 3.63) is 57.6 Å². The third-order valence-electron chi connectivity index (χ3n) is 5.17. The second-order valence-corrected chi connectivity index (χ2v) is 8.06. The average molecular weight is 467 g/mol. The molecule has 7 nitrogen and oxygen atoms in total. The molecule has 2 aromatic rings. The molecule has 1 aliphatic rings. The lowest BCUT2D eigenvalue weighted by Gasteiger charge is -2.30. The molecule has 1 heterocycles. The van der Waals surface area contributed by atoms with Crippen LogP contribution in [-0.4, -0.2) is 54.9 Å². The molecule has 9 heteroatoms. The van der Waals surface area contributed by atoms with E-state index < -0.39 is 6.09 Å². The number of carbonyl (C=O) groups excluding carboxylic acids is 1. The number of amides is 2. The van der Waals surface area contributed by atoms with E-state index in [1.54, 1.807) is 30.3 Å². The molecule has 0 radical (unpaired) electrons. The van der Waals surface area contributed by atoms with E-state index in [1.165, 1.54) is 12.0 Å². The van der Waals surface area contributed by atoms with Gasteiger partial charge in [0.1, 0.15) is 0 Å². The average Bonchev–Trinajstić information content (AvgIpc) is 2.75. The lowest BCUT2D eigenvalue weighted by atomic mass is 10.0. The summed E-state index contributed by atoms with van der Waals surface area (Å²) in [5, 5.41) is 13.2. The highest BCUT2D eigenvalue weighted by molar-refractivity contribution is 6.35. The van der Waals surface area contributed by atoms with Crippen LogP contribution < -0.4 is 14.8 Å². The summed E-state index contributed by atoms with van der Waals surface area (Å²) in [5.74, 6) is 0.747. The summed E-state index contributed by atoms with van der Waals surface area (Å²) < 4.78 is 11.2. The number of halogens is 2. The number of nitrogens with one attached hydrogen (secondary N) is 1. The highest BCUT2D eigenvalue weighted by Gasteiger charge is 2.24. The molecule has 1 aliphatic heterocycles. The number of hydrogen-bond donors (Lipinski definition) is 2. The Morgan fingerprint density at radius 2 is 1.87 bits per heavy atom. The number of carbonyl (C=O) groups is 2. The van der Waals surface area contributed by atoms with Gasteiger partial charge in [-0.15, -0.1) is 0 Å². The fourth-order valence-corrected chi connectivity index (χ4v) is 3.91. The zero-order chi connectivity index (χ0) is 22.4. The van der Waals surface area contributed by atoms with E-state index in [-0.39, 0.29) is 11.9 Å². The van der Waals surface area contributed by atoms with Crippen molar-refractivity contribution in [2.75, 3.05) is 26.8 Å². The molecule has 0 aliphatic carbocycles. The number of methoxy groups -OCH3 is 1. The number of likely N-dealkylation sites (tertiary alicyclic amines) is 1. The molecule has 0 unspecified atom stereocenters. The van der Waals surface area contributed by atoms with Crippen LogP contribution in [0.25, 0.3) is 0 Å². The molecule has 2 amide bonds. The van der Waals surface area contributed by atoms with E-state index in [0.717, 1.165) is 5.56 Å². The van der Waals surface area contributed by atoms with Crippen LogP contribution in [-0.2, 0) is 6.42 Å².